The maximum atomic E-state index is 8.42. The zero-order valence-corrected chi connectivity index (χ0v) is 35.5. The van der Waals surface area contributed by atoms with E-state index in [2.05, 4.69) is 126 Å². The van der Waals surface area contributed by atoms with Crippen LogP contribution in [0.15, 0.2) is 134 Å². The number of methoxy groups -OCH3 is 1. The first kappa shape index (κ1) is 32.7. The van der Waals surface area contributed by atoms with E-state index in [0.29, 0.717) is 17.1 Å². The van der Waals surface area contributed by atoms with Crippen molar-refractivity contribution in [2.24, 2.45) is 0 Å². The van der Waals surface area contributed by atoms with Crippen molar-refractivity contribution in [3.05, 3.63) is 167 Å². The molecule has 0 spiro atoms. The number of aryl methyl sites for hydroxylation is 4. The number of fused-ring (bicyclic) bond motifs is 1. The van der Waals surface area contributed by atoms with E-state index < -0.39 is 13.7 Å². The lowest BCUT2D eigenvalue weighted by Crippen LogP contribution is -2.11. The number of imidazole rings is 1. The highest BCUT2D eigenvalue weighted by atomic mass is 16.5. The van der Waals surface area contributed by atoms with Gasteiger partial charge in [0.1, 0.15) is 11.6 Å². The molecule has 0 aliphatic carbocycles. The van der Waals surface area contributed by atoms with Gasteiger partial charge < -0.3 is 4.74 Å². The van der Waals surface area contributed by atoms with Crippen LogP contribution in [0.4, 0.5) is 0 Å². The normalized spacial score (nSPS) is 13.9. The molecule has 4 heteroatoms. The Morgan fingerprint density at radius 3 is 1.93 bits per heavy atom. The maximum absolute atomic E-state index is 8.42. The molecule has 59 heavy (non-hydrogen) atoms. The number of para-hydroxylation sites is 1. The fourth-order valence-corrected chi connectivity index (χ4v) is 8.05. The molecule has 0 N–H and O–H groups in total. The molecule has 4 nitrogen and oxygen atoms in total. The van der Waals surface area contributed by atoms with Gasteiger partial charge in [-0.3, -0.25) is 9.55 Å². The maximum Gasteiger partial charge on any atom is 0.149 e. The van der Waals surface area contributed by atoms with Gasteiger partial charge in [-0.2, -0.15) is 0 Å². The highest BCUT2D eigenvalue weighted by molar-refractivity contribution is 5.98. The molecular formula is C55H55N3O. The van der Waals surface area contributed by atoms with Gasteiger partial charge in [-0.05, 0) is 131 Å². The summed E-state index contributed by atoms with van der Waals surface area (Å²) in [5.41, 5.74) is 14.9. The number of ether oxygens (including phenoxy) is 1. The summed E-state index contributed by atoms with van der Waals surface area (Å²) in [6.07, 6.45) is 1.80. The Labute approximate surface area is 359 Å². The van der Waals surface area contributed by atoms with E-state index in [1.54, 1.807) is 37.6 Å². The van der Waals surface area contributed by atoms with Crippen molar-refractivity contribution in [3.63, 3.8) is 0 Å². The second-order valence-corrected chi connectivity index (χ2v) is 17.7. The predicted molar refractivity (Wildman–Crippen MR) is 249 cm³/mol. The van der Waals surface area contributed by atoms with Gasteiger partial charge in [-0.1, -0.05) is 132 Å². The quantitative estimate of drug-likeness (QED) is 0.162. The van der Waals surface area contributed by atoms with Crippen LogP contribution >= 0.6 is 0 Å². The molecular weight excluding hydrogens is 719 g/mol. The molecule has 0 radical (unpaired) electrons. The molecule has 0 saturated heterocycles. The summed E-state index contributed by atoms with van der Waals surface area (Å²) >= 11 is 0. The monoisotopic (exact) mass is 779 g/mol. The molecule has 6 aromatic carbocycles. The van der Waals surface area contributed by atoms with Gasteiger partial charge >= 0.3 is 0 Å². The Hall–Kier alpha value is -6.26. The summed E-state index contributed by atoms with van der Waals surface area (Å²) in [6.45, 7) is 12.7. The number of aromatic nitrogens is 3. The summed E-state index contributed by atoms with van der Waals surface area (Å²) in [5.74, 6) is 1.37. The molecule has 2 aromatic heterocycles. The molecule has 0 fully saturated rings. The summed E-state index contributed by atoms with van der Waals surface area (Å²) in [6, 6.07) is 41.9. The summed E-state index contributed by atoms with van der Waals surface area (Å²) in [5, 5.41) is 0. The number of pyridine rings is 1. The standard InChI is InChI=1S/C55H55N3O/c1-34-15-18-38(19-16-34)40-25-26-56-48(33-40)42-30-41(31-44(32-42)55(8,9)10)45-13-12-14-50-51(45)57-53(47-29-36(3)27-37(4)52(47)59-11)58(50)49-24-17-35(2)28-46(49)39-20-22-43(23-21-39)54(5,6)7/h12-33H,1-11H3/i1D3,2D3. The number of rotatable bonds is 7. The van der Waals surface area contributed by atoms with Gasteiger partial charge in [0, 0.05) is 31.1 Å². The van der Waals surface area contributed by atoms with Crippen LogP contribution in [0.2, 0.25) is 0 Å². The van der Waals surface area contributed by atoms with Crippen molar-refractivity contribution < 1.29 is 13.0 Å². The molecule has 8 rings (SSSR count). The van der Waals surface area contributed by atoms with Crippen LogP contribution in [0.3, 0.4) is 0 Å². The number of hydrogen-bond donors (Lipinski definition) is 0. The lowest BCUT2D eigenvalue weighted by atomic mass is 9.83. The van der Waals surface area contributed by atoms with Gasteiger partial charge in [0.05, 0.1) is 35.1 Å². The Bertz CT molecular complexity index is 3070. The van der Waals surface area contributed by atoms with Crippen LogP contribution in [0, 0.1) is 27.6 Å². The molecule has 8 aromatic rings. The van der Waals surface area contributed by atoms with Crippen molar-refractivity contribution in [1.29, 1.82) is 0 Å². The zero-order chi connectivity index (χ0) is 46.8. The molecule has 296 valence electrons. The highest BCUT2D eigenvalue weighted by Gasteiger charge is 2.25. The fraction of sp³-hybridized carbons (Fsp3) is 0.236. The van der Waals surface area contributed by atoms with Crippen molar-refractivity contribution in [2.45, 2.75) is 79.9 Å². The molecule has 0 unspecified atom stereocenters. The lowest BCUT2D eigenvalue weighted by Gasteiger charge is -2.22. The van der Waals surface area contributed by atoms with Crippen molar-refractivity contribution in [2.75, 3.05) is 7.11 Å². The number of nitrogens with zero attached hydrogens (tertiary/aromatic N) is 3. The smallest absolute Gasteiger partial charge is 0.149 e. The van der Waals surface area contributed by atoms with E-state index in [4.69, 9.17) is 22.9 Å². The Kier molecular flexibility index (Phi) is 8.39. The zero-order valence-electron chi connectivity index (χ0n) is 41.5. The van der Waals surface area contributed by atoms with Crippen LogP contribution in [0.1, 0.15) is 83.1 Å². The average Bonchev–Trinajstić information content (AvgIpc) is 3.64. The van der Waals surface area contributed by atoms with E-state index in [1.165, 1.54) is 5.56 Å². The summed E-state index contributed by atoms with van der Waals surface area (Å²) in [4.78, 5) is 10.4. The first-order valence-electron chi connectivity index (χ1n) is 23.2. The molecule has 0 amide bonds. The van der Waals surface area contributed by atoms with Crippen LogP contribution < -0.4 is 4.74 Å². The van der Waals surface area contributed by atoms with Crippen LogP contribution in [-0.2, 0) is 10.8 Å². The minimum atomic E-state index is -2.32. The molecule has 0 aliphatic heterocycles. The minimum Gasteiger partial charge on any atom is -0.496 e. The predicted octanol–water partition coefficient (Wildman–Crippen LogP) is 14.6. The summed E-state index contributed by atoms with van der Waals surface area (Å²) in [7, 11) is 1.68. The van der Waals surface area contributed by atoms with E-state index in [0.717, 1.165) is 83.6 Å². The highest BCUT2D eigenvalue weighted by Crippen LogP contribution is 2.43. The molecule has 0 atom stereocenters. The van der Waals surface area contributed by atoms with Gasteiger partial charge in [0.2, 0.25) is 0 Å². The lowest BCUT2D eigenvalue weighted by molar-refractivity contribution is 0.413. The van der Waals surface area contributed by atoms with Gasteiger partial charge in [0.25, 0.3) is 0 Å². The Balaban J connectivity index is 1.39. The van der Waals surface area contributed by atoms with Crippen molar-refractivity contribution in [1.82, 2.24) is 14.5 Å². The average molecular weight is 780 g/mol. The first-order valence-corrected chi connectivity index (χ1v) is 20.2. The topological polar surface area (TPSA) is 39.9 Å². The molecule has 0 aliphatic rings. The SMILES string of the molecule is [2H]C([2H])([2H])c1ccc(-c2ccnc(-c3cc(-c4cccc5c4nc(-c4cc(C)cc(C)c4OC)n5-c4ccc(C([2H])([2H])[2H])cc4-c4ccc(C(C)(C)C)cc4)cc(C(C)(C)C)c3)c2)cc1. The largest absolute Gasteiger partial charge is 0.496 e. The van der Waals surface area contributed by atoms with Crippen molar-refractivity contribution >= 4 is 11.0 Å². The first-order chi connectivity index (χ1) is 30.5. The Morgan fingerprint density at radius 2 is 1.24 bits per heavy atom. The molecule has 2 heterocycles. The molecule has 0 saturated carbocycles. The summed E-state index contributed by atoms with van der Waals surface area (Å²) < 4.78 is 57.1. The third kappa shape index (κ3) is 7.72. The fourth-order valence-electron chi connectivity index (χ4n) is 8.05. The molecule has 0 bridgehead atoms. The minimum absolute atomic E-state index is 0.0656. The van der Waals surface area contributed by atoms with E-state index in [1.807, 2.05) is 37.3 Å². The van der Waals surface area contributed by atoms with Crippen LogP contribution in [-0.4, -0.2) is 21.6 Å². The number of hydrogen-bond acceptors (Lipinski definition) is 3. The van der Waals surface area contributed by atoms with Crippen molar-refractivity contribution in [3.8, 4) is 67.5 Å². The number of benzene rings is 6. The van der Waals surface area contributed by atoms with E-state index in [-0.39, 0.29) is 16.4 Å². The second kappa shape index (κ2) is 15.2. The Morgan fingerprint density at radius 1 is 0.559 bits per heavy atom. The van der Waals surface area contributed by atoms with Crippen LogP contribution in [0.25, 0.3) is 72.7 Å². The third-order valence-corrected chi connectivity index (χ3v) is 11.2. The van der Waals surface area contributed by atoms with Gasteiger partial charge in [-0.15, -0.1) is 0 Å². The van der Waals surface area contributed by atoms with Crippen LogP contribution in [0.5, 0.6) is 5.75 Å². The van der Waals surface area contributed by atoms with Gasteiger partial charge in [0.15, 0.2) is 0 Å². The van der Waals surface area contributed by atoms with E-state index >= 15 is 0 Å². The van der Waals surface area contributed by atoms with Gasteiger partial charge in [-0.25, -0.2) is 4.98 Å². The second-order valence-electron chi connectivity index (χ2n) is 17.7. The van der Waals surface area contributed by atoms with E-state index in [9.17, 15) is 0 Å². The third-order valence-electron chi connectivity index (χ3n) is 11.2.